The van der Waals surface area contributed by atoms with Gasteiger partial charge >= 0.3 is 5.97 Å². The van der Waals surface area contributed by atoms with Gasteiger partial charge in [0.1, 0.15) is 18.0 Å². The van der Waals surface area contributed by atoms with Crippen LogP contribution in [0, 0.1) is 5.92 Å². The number of rotatable bonds is 6. The van der Waals surface area contributed by atoms with Gasteiger partial charge in [0.15, 0.2) is 0 Å². The molecule has 0 aromatic heterocycles. The van der Waals surface area contributed by atoms with E-state index >= 15 is 0 Å². The quantitative estimate of drug-likeness (QED) is 0.634. The Kier molecular flexibility index (Phi) is 5.44. The summed E-state index contributed by atoms with van der Waals surface area (Å²) in [4.78, 5) is 25.4. The maximum Gasteiger partial charge on any atom is 0.338 e. The normalized spacial score (nSPS) is 19.4. The number of esters is 1. The highest BCUT2D eigenvalue weighted by atomic mass is 16.5. The highest BCUT2D eigenvalue weighted by molar-refractivity contribution is 5.99. The second kappa shape index (κ2) is 8.17. The number of anilines is 1. The van der Waals surface area contributed by atoms with Gasteiger partial charge in [-0.3, -0.25) is 4.79 Å². The van der Waals surface area contributed by atoms with Gasteiger partial charge in [0.25, 0.3) is 5.91 Å². The molecule has 1 aliphatic carbocycles. The summed E-state index contributed by atoms with van der Waals surface area (Å²) < 4.78 is 11.0. The molecule has 1 unspecified atom stereocenters. The molecular weight excluding hydrogens is 418 g/mol. The van der Waals surface area contributed by atoms with E-state index < -0.39 is 11.0 Å². The molecule has 174 valence electrons. The van der Waals surface area contributed by atoms with E-state index in [2.05, 4.69) is 31.3 Å². The first kappa shape index (κ1) is 22.0. The fraction of sp³-hybridized carbons (Fsp3) is 0.481. The van der Waals surface area contributed by atoms with Crippen LogP contribution in [0.15, 0.2) is 36.4 Å². The Labute approximate surface area is 194 Å². The zero-order valence-electron chi connectivity index (χ0n) is 19.3. The van der Waals surface area contributed by atoms with E-state index in [9.17, 15) is 14.7 Å². The van der Waals surface area contributed by atoms with Crippen molar-refractivity contribution in [2.75, 3.05) is 11.9 Å². The Bertz CT molecular complexity index is 1100. The number of para-hydroxylation sites is 1. The van der Waals surface area contributed by atoms with Crippen molar-refractivity contribution in [3.8, 4) is 5.75 Å². The van der Waals surface area contributed by atoms with Crippen LogP contribution >= 0.6 is 0 Å². The first-order chi connectivity index (χ1) is 15.8. The number of aliphatic hydroxyl groups is 1. The molecule has 6 heteroatoms. The maximum absolute atomic E-state index is 13.6. The SMILES string of the molecule is CC(C)(CC(O)(C(=O)Nc1ccc2c(c1)COC2=O)C1CCCC1)c1cccc2c1OCC2. The molecule has 6 nitrogen and oxygen atoms in total. The number of fused-ring (bicyclic) bond motifs is 2. The van der Waals surface area contributed by atoms with Crippen LogP contribution in [0.1, 0.15) is 73.0 Å². The number of carbonyl (C=O) groups is 2. The molecule has 5 rings (SSSR count). The minimum Gasteiger partial charge on any atom is -0.493 e. The van der Waals surface area contributed by atoms with Gasteiger partial charge in [0.05, 0.1) is 12.2 Å². The summed E-state index contributed by atoms with van der Waals surface area (Å²) >= 11 is 0. The van der Waals surface area contributed by atoms with Crippen LogP contribution in [0.4, 0.5) is 5.69 Å². The van der Waals surface area contributed by atoms with Gasteiger partial charge in [0.2, 0.25) is 0 Å². The zero-order chi connectivity index (χ0) is 23.2. The van der Waals surface area contributed by atoms with Crippen LogP contribution in [-0.4, -0.2) is 29.2 Å². The van der Waals surface area contributed by atoms with Crippen molar-refractivity contribution in [1.29, 1.82) is 0 Å². The van der Waals surface area contributed by atoms with Gasteiger partial charge in [-0.15, -0.1) is 0 Å². The number of nitrogens with one attached hydrogen (secondary N) is 1. The molecular formula is C27H31NO5. The van der Waals surface area contributed by atoms with E-state index in [-0.39, 0.29) is 24.4 Å². The molecule has 2 heterocycles. The van der Waals surface area contributed by atoms with Gasteiger partial charge in [-0.1, -0.05) is 44.9 Å². The lowest BCUT2D eigenvalue weighted by Crippen LogP contribution is -2.52. The smallest absolute Gasteiger partial charge is 0.338 e. The molecule has 1 amide bonds. The summed E-state index contributed by atoms with van der Waals surface area (Å²) in [6.07, 6.45) is 4.87. The lowest BCUT2D eigenvalue weighted by Gasteiger charge is -2.39. The molecule has 3 aliphatic rings. The largest absolute Gasteiger partial charge is 0.493 e. The van der Waals surface area contributed by atoms with Crippen molar-refractivity contribution in [2.45, 2.75) is 70.0 Å². The Hall–Kier alpha value is -2.86. The first-order valence-corrected chi connectivity index (χ1v) is 11.9. The minimum absolute atomic E-state index is 0.103. The minimum atomic E-state index is -1.52. The fourth-order valence-corrected chi connectivity index (χ4v) is 5.78. The third-order valence-electron chi connectivity index (χ3n) is 7.52. The summed E-state index contributed by atoms with van der Waals surface area (Å²) in [6.45, 7) is 5.03. The summed E-state index contributed by atoms with van der Waals surface area (Å²) in [6, 6.07) is 11.3. The lowest BCUT2D eigenvalue weighted by molar-refractivity contribution is -0.143. The van der Waals surface area contributed by atoms with Gasteiger partial charge in [-0.25, -0.2) is 4.79 Å². The summed E-state index contributed by atoms with van der Waals surface area (Å²) in [5, 5.41) is 14.9. The Morgan fingerprint density at radius 3 is 2.70 bits per heavy atom. The molecule has 2 aliphatic heterocycles. The topological polar surface area (TPSA) is 84.9 Å². The predicted octanol–water partition coefficient (Wildman–Crippen LogP) is 4.52. The third-order valence-corrected chi connectivity index (χ3v) is 7.52. The van der Waals surface area contributed by atoms with Crippen LogP contribution < -0.4 is 10.1 Å². The highest BCUT2D eigenvalue weighted by Crippen LogP contribution is 2.46. The fourth-order valence-electron chi connectivity index (χ4n) is 5.78. The molecule has 2 N–H and O–H groups in total. The second-order valence-electron chi connectivity index (χ2n) is 10.3. The van der Waals surface area contributed by atoms with Crippen LogP contribution in [0.25, 0.3) is 0 Å². The molecule has 1 saturated carbocycles. The Morgan fingerprint density at radius 1 is 1.12 bits per heavy atom. The summed E-state index contributed by atoms with van der Waals surface area (Å²) in [5.74, 6) is 0.0691. The van der Waals surface area contributed by atoms with E-state index in [0.29, 0.717) is 24.3 Å². The number of benzene rings is 2. The molecule has 33 heavy (non-hydrogen) atoms. The summed E-state index contributed by atoms with van der Waals surface area (Å²) in [7, 11) is 0. The Morgan fingerprint density at radius 2 is 1.91 bits per heavy atom. The van der Waals surface area contributed by atoms with Gasteiger partial charge in [-0.05, 0) is 54.4 Å². The number of hydrogen-bond acceptors (Lipinski definition) is 5. The van der Waals surface area contributed by atoms with E-state index in [4.69, 9.17) is 9.47 Å². The average Bonchev–Trinajstić information content (AvgIpc) is 3.54. The number of hydrogen-bond donors (Lipinski definition) is 2. The zero-order valence-corrected chi connectivity index (χ0v) is 19.3. The van der Waals surface area contributed by atoms with E-state index in [1.54, 1.807) is 18.2 Å². The van der Waals surface area contributed by atoms with E-state index in [1.165, 1.54) is 5.56 Å². The lowest BCUT2D eigenvalue weighted by atomic mass is 9.69. The number of amides is 1. The van der Waals surface area contributed by atoms with Crippen LogP contribution in [0.5, 0.6) is 5.75 Å². The number of carbonyl (C=O) groups excluding carboxylic acids is 2. The Balaban J connectivity index is 1.44. The van der Waals surface area contributed by atoms with Crippen molar-refractivity contribution in [1.82, 2.24) is 0 Å². The average molecular weight is 450 g/mol. The van der Waals surface area contributed by atoms with Crippen molar-refractivity contribution in [3.63, 3.8) is 0 Å². The molecule has 1 fully saturated rings. The summed E-state index contributed by atoms with van der Waals surface area (Å²) in [5.41, 5.74) is 2.07. The van der Waals surface area contributed by atoms with Crippen LogP contribution in [-0.2, 0) is 28.0 Å². The molecule has 1 atom stereocenters. The number of ether oxygens (including phenoxy) is 2. The predicted molar refractivity (Wildman–Crippen MR) is 124 cm³/mol. The van der Waals surface area contributed by atoms with Gasteiger partial charge in [-0.2, -0.15) is 0 Å². The first-order valence-electron chi connectivity index (χ1n) is 11.9. The highest BCUT2D eigenvalue weighted by Gasteiger charge is 2.49. The molecule has 2 aromatic carbocycles. The van der Waals surface area contributed by atoms with Crippen LogP contribution in [0.2, 0.25) is 0 Å². The van der Waals surface area contributed by atoms with Crippen LogP contribution in [0.3, 0.4) is 0 Å². The van der Waals surface area contributed by atoms with E-state index in [0.717, 1.165) is 49.0 Å². The molecule has 2 aromatic rings. The van der Waals surface area contributed by atoms with Gasteiger partial charge < -0.3 is 19.9 Å². The van der Waals surface area contributed by atoms with Gasteiger partial charge in [0, 0.05) is 23.2 Å². The monoisotopic (exact) mass is 449 g/mol. The maximum atomic E-state index is 13.6. The van der Waals surface area contributed by atoms with Crippen molar-refractivity contribution in [2.24, 2.45) is 5.92 Å². The standard InChI is InChI=1S/C27H31NO5/c1-26(2,22-9-5-6-17-12-13-32-23(17)22)16-27(31,19-7-3-4-8-19)25(30)28-20-10-11-21-18(14-20)15-33-24(21)29/h5-6,9-11,14,19,31H,3-4,7-8,12-13,15-16H2,1-2H3,(H,28,30). The van der Waals surface area contributed by atoms with Crippen molar-refractivity contribution in [3.05, 3.63) is 58.7 Å². The molecule has 0 spiro atoms. The number of cyclic esters (lactones) is 1. The molecule has 0 bridgehead atoms. The van der Waals surface area contributed by atoms with E-state index in [1.807, 2.05) is 6.07 Å². The second-order valence-corrected chi connectivity index (χ2v) is 10.3. The van der Waals surface area contributed by atoms with Crippen molar-refractivity contribution >= 4 is 17.6 Å². The molecule has 0 radical (unpaired) electrons. The molecule has 0 saturated heterocycles. The third kappa shape index (κ3) is 3.90. The van der Waals surface area contributed by atoms with Crippen molar-refractivity contribution < 1.29 is 24.2 Å².